The molecule has 4 nitrogen and oxygen atoms in total. The van der Waals surface area contributed by atoms with Gasteiger partial charge in [0.05, 0.1) is 6.61 Å². The zero-order chi connectivity index (χ0) is 14.4. The Morgan fingerprint density at radius 1 is 1.45 bits per heavy atom. The lowest BCUT2D eigenvalue weighted by Crippen LogP contribution is -2.43. The lowest BCUT2D eigenvalue weighted by atomic mass is 10.1. The minimum Gasteiger partial charge on any atom is -0.395 e. The third-order valence-corrected chi connectivity index (χ3v) is 3.89. The smallest absolute Gasteiger partial charge is 0.317 e. The monoisotopic (exact) mass is 340 g/mol. The molecule has 1 saturated carbocycles. The van der Waals surface area contributed by atoms with E-state index in [1.807, 2.05) is 12.1 Å². The van der Waals surface area contributed by atoms with Crippen LogP contribution in [0.25, 0.3) is 0 Å². The maximum absolute atomic E-state index is 12.0. The molecule has 2 N–H and O–H groups in total. The lowest BCUT2D eigenvalue weighted by molar-refractivity contribution is 0.173. The van der Waals surface area contributed by atoms with Crippen LogP contribution in [0, 0.1) is 0 Å². The maximum atomic E-state index is 12.0. The summed E-state index contributed by atoms with van der Waals surface area (Å²) in [6.07, 6.45) is 3.99. The molecule has 1 fully saturated rings. The van der Waals surface area contributed by atoms with Gasteiger partial charge in [-0.25, -0.2) is 4.79 Å². The molecule has 110 valence electrons. The van der Waals surface area contributed by atoms with Gasteiger partial charge in [0.15, 0.2) is 0 Å². The second kappa shape index (κ2) is 7.64. The first-order valence-corrected chi connectivity index (χ1v) is 7.90. The fourth-order valence-corrected chi connectivity index (χ4v) is 2.67. The standard InChI is InChI=1S/C15H21BrN2O2/c16-13-5-1-3-12(11-13)4-2-8-17-15(20)18(9-10-19)14-6-7-14/h1,3,5,11,14,19H,2,4,6-10H2,(H,17,20). The van der Waals surface area contributed by atoms with Gasteiger partial charge in [-0.3, -0.25) is 0 Å². The van der Waals surface area contributed by atoms with Gasteiger partial charge in [0.2, 0.25) is 0 Å². The van der Waals surface area contributed by atoms with E-state index in [4.69, 9.17) is 5.11 Å². The Kier molecular flexibility index (Phi) is 5.86. The van der Waals surface area contributed by atoms with Crippen molar-refractivity contribution in [1.29, 1.82) is 0 Å². The van der Waals surface area contributed by atoms with Crippen molar-refractivity contribution in [2.24, 2.45) is 0 Å². The van der Waals surface area contributed by atoms with Crippen molar-refractivity contribution in [3.63, 3.8) is 0 Å². The molecule has 1 aromatic carbocycles. The molecule has 0 aliphatic heterocycles. The first-order chi connectivity index (χ1) is 9.70. The van der Waals surface area contributed by atoms with Gasteiger partial charge in [0, 0.05) is 23.6 Å². The topological polar surface area (TPSA) is 52.6 Å². The zero-order valence-corrected chi connectivity index (χ0v) is 13.1. The number of carbonyl (C=O) groups is 1. The number of aliphatic hydroxyl groups is 1. The number of hydrogen-bond donors (Lipinski definition) is 2. The largest absolute Gasteiger partial charge is 0.395 e. The number of benzene rings is 1. The molecular formula is C15H21BrN2O2. The van der Waals surface area contributed by atoms with Crippen LogP contribution in [0.1, 0.15) is 24.8 Å². The number of urea groups is 1. The summed E-state index contributed by atoms with van der Waals surface area (Å²) in [5.41, 5.74) is 1.27. The molecule has 20 heavy (non-hydrogen) atoms. The van der Waals surface area contributed by atoms with Crippen molar-refractivity contribution in [1.82, 2.24) is 10.2 Å². The summed E-state index contributed by atoms with van der Waals surface area (Å²) in [7, 11) is 0. The molecule has 2 amide bonds. The van der Waals surface area contributed by atoms with Crippen LogP contribution in [0.3, 0.4) is 0 Å². The highest BCUT2D eigenvalue weighted by Crippen LogP contribution is 2.26. The average molecular weight is 341 g/mol. The SMILES string of the molecule is O=C(NCCCc1cccc(Br)c1)N(CCO)C1CC1. The molecule has 1 aromatic rings. The Labute approximate surface area is 128 Å². The van der Waals surface area contributed by atoms with Crippen LogP contribution in [0.5, 0.6) is 0 Å². The van der Waals surface area contributed by atoms with Gasteiger partial charge in [-0.15, -0.1) is 0 Å². The van der Waals surface area contributed by atoms with Gasteiger partial charge >= 0.3 is 6.03 Å². The molecule has 0 atom stereocenters. The summed E-state index contributed by atoms with van der Waals surface area (Å²) in [6.45, 7) is 1.13. The Hall–Kier alpha value is -1.07. The van der Waals surface area contributed by atoms with Crippen LogP contribution in [0.2, 0.25) is 0 Å². The summed E-state index contributed by atoms with van der Waals surface area (Å²) in [5, 5.41) is 11.9. The summed E-state index contributed by atoms with van der Waals surface area (Å²) in [4.78, 5) is 13.7. The van der Waals surface area contributed by atoms with E-state index in [0.29, 0.717) is 19.1 Å². The van der Waals surface area contributed by atoms with Gasteiger partial charge in [-0.05, 0) is 43.4 Å². The highest BCUT2D eigenvalue weighted by Gasteiger charge is 2.31. The van der Waals surface area contributed by atoms with E-state index in [-0.39, 0.29) is 12.6 Å². The second-order valence-electron chi connectivity index (χ2n) is 5.11. The van der Waals surface area contributed by atoms with Crippen LogP contribution < -0.4 is 5.32 Å². The van der Waals surface area contributed by atoms with Crippen molar-refractivity contribution < 1.29 is 9.90 Å². The third-order valence-electron chi connectivity index (χ3n) is 3.40. The predicted molar refractivity (Wildman–Crippen MR) is 82.7 cm³/mol. The van der Waals surface area contributed by atoms with Gasteiger partial charge < -0.3 is 15.3 Å². The second-order valence-corrected chi connectivity index (χ2v) is 6.03. The number of rotatable bonds is 7. The summed E-state index contributed by atoms with van der Waals surface area (Å²) in [6, 6.07) is 8.52. The van der Waals surface area contributed by atoms with E-state index < -0.39 is 0 Å². The highest BCUT2D eigenvalue weighted by atomic mass is 79.9. The van der Waals surface area contributed by atoms with Crippen molar-refractivity contribution in [3.05, 3.63) is 34.3 Å². The molecular weight excluding hydrogens is 320 g/mol. The van der Waals surface area contributed by atoms with Crippen molar-refractivity contribution in [2.45, 2.75) is 31.7 Å². The highest BCUT2D eigenvalue weighted by molar-refractivity contribution is 9.10. The molecule has 1 aliphatic carbocycles. The molecule has 0 aromatic heterocycles. The molecule has 5 heteroatoms. The molecule has 1 aliphatic rings. The minimum atomic E-state index is -0.0456. The Bertz CT molecular complexity index is 449. The van der Waals surface area contributed by atoms with E-state index in [0.717, 1.165) is 30.2 Å². The van der Waals surface area contributed by atoms with Crippen LogP contribution in [0.15, 0.2) is 28.7 Å². The van der Waals surface area contributed by atoms with E-state index in [1.165, 1.54) is 5.56 Å². The Balaban J connectivity index is 1.68. The number of hydrogen-bond acceptors (Lipinski definition) is 2. The molecule has 0 radical (unpaired) electrons. The molecule has 0 spiro atoms. The van der Waals surface area contributed by atoms with Crippen LogP contribution in [-0.2, 0) is 6.42 Å². The molecule has 0 heterocycles. The normalized spacial score (nSPS) is 14.1. The van der Waals surface area contributed by atoms with E-state index in [9.17, 15) is 4.79 Å². The number of carbonyl (C=O) groups excluding carboxylic acids is 1. The number of nitrogens with zero attached hydrogens (tertiary/aromatic N) is 1. The van der Waals surface area contributed by atoms with Gasteiger partial charge in [0.1, 0.15) is 0 Å². The number of nitrogens with one attached hydrogen (secondary N) is 1. The average Bonchev–Trinajstić information content (AvgIpc) is 3.25. The molecule has 0 saturated heterocycles. The summed E-state index contributed by atoms with van der Waals surface area (Å²) < 4.78 is 1.09. The number of aryl methyl sites for hydroxylation is 1. The summed E-state index contributed by atoms with van der Waals surface area (Å²) >= 11 is 3.45. The first kappa shape index (κ1) is 15.3. The third kappa shape index (κ3) is 4.80. The van der Waals surface area contributed by atoms with E-state index in [2.05, 4.69) is 33.4 Å². The fraction of sp³-hybridized carbons (Fsp3) is 0.533. The van der Waals surface area contributed by atoms with Crippen molar-refractivity contribution in [3.8, 4) is 0 Å². The van der Waals surface area contributed by atoms with Crippen molar-refractivity contribution >= 4 is 22.0 Å². The Morgan fingerprint density at radius 3 is 2.90 bits per heavy atom. The number of aliphatic hydroxyl groups excluding tert-OH is 1. The number of halogens is 1. The first-order valence-electron chi connectivity index (χ1n) is 7.10. The predicted octanol–water partition coefficient (Wildman–Crippen LogP) is 2.55. The molecule has 0 bridgehead atoms. The van der Waals surface area contributed by atoms with Crippen LogP contribution in [0.4, 0.5) is 4.79 Å². The Morgan fingerprint density at radius 2 is 2.25 bits per heavy atom. The molecule has 2 rings (SSSR count). The molecule has 0 unspecified atom stereocenters. The number of amides is 2. The summed E-state index contributed by atoms with van der Waals surface area (Å²) in [5.74, 6) is 0. The van der Waals surface area contributed by atoms with Gasteiger partial charge in [-0.1, -0.05) is 28.1 Å². The van der Waals surface area contributed by atoms with Crippen LogP contribution in [-0.4, -0.2) is 41.8 Å². The fourth-order valence-electron chi connectivity index (χ4n) is 2.23. The van der Waals surface area contributed by atoms with Crippen molar-refractivity contribution in [2.75, 3.05) is 19.7 Å². The zero-order valence-electron chi connectivity index (χ0n) is 11.5. The quantitative estimate of drug-likeness (QED) is 0.749. The lowest BCUT2D eigenvalue weighted by Gasteiger charge is -2.21. The maximum Gasteiger partial charge on any atom is 0.317 e. The van der Waals surface area contributed by atoms with Gasteiger partial charge in [-0.2, -0.15) is 0 Å². The van der Waals surface area contributed by atoms with E-state index in [1.54, 1.807) is 4.90 Å². The van der Waals surface area contributed by atoms with Crippen LogP contribution >= 0.6 is 15.9 Å². The van der Waals surface area contributed by atoms with Gasteiger partial charge in [0.25, 0.3) is 0 Å². The minimum absolute atomic E-state index is 0.0297. The van der Waals surface area contributed by atoms with E-state index >= 15 is 0 Å².